The van der Waals surface area contributed by atoms with E-state index in [1.165, 1.54) is 4.90 Å². The van der Waals surface area contributed by atoms with Crippen molar-refractivity contribution in [2.45, 2.75) is 39.3 Å². The van der Waals surface area contributed by atoms with Gasteiger partial charge in [-0.3, -0.25) is 9.69 Å². The van der Waals surface area contributed by atoms with Crippen molar-refractivity contribution in [3.05, 3.63) is 0 Å². The van der Waals surface area contributed by atoms with Gasteiger partial charge >= 0.3 is 6.09 Å². The van der Waals surface area contributed by atoms with Crippen LogP contribution in [0.1, 0.15) is 27.7 Å². The normalized spacial score (nSPS) is 22.9. The fourth-order valence-electron chi connectivity index (χ4n) is 1.39. The van der Waals surface area contributed by atoms with Gasteiger partial charge < -0.3 is 9.47 Å². The van der Waals surface area contributed by atoms with Gasteiger partial charge in [0.15, 0.2) is 5.78 Å². The lowest BCUT2D eigenvalue weighted by molar-refractivity contribution is -0.122. The summed E-state index contributed by atoms with van der Waals surface area (Å²) in [5, 5.41) is 0. The molecule has 0 N–H and O–H groups in total. The standard InChI is InChI=1S/C11H19NO4/c1-8-6-15-7-9(13)5-12(8)10(14)16-11(2,3)4/h8H,5-7H2,1-4H3. The average molecular weight is 229 g/mol. The van der Waals surface area contributed by atoms with Gasteiger partial charge in [0.05, 0.1) is 19.2 Å². The van der Waals surface area contributed by atoms with Crippen LogP contribution in [0.2, 0.25) is 0 Å². The predicted octanol–water partition coefficient (Wildman–Crippen LogP) is 1.21. The number of amides is 1. The first-order valence-electron chi connectivity index (χ1n) is 5.38. The Labute approximate surface area is 95.7 Å². The summed E-state index contributed by atoms with van der Waals surface area (Å²) in [4.78, 5) is 24.6. The van der Waals surface area contributed by atoms with Crippen LogP contribution < -0.4 is 0 Å². The third-order valence-electron chi connectivity index (χ3n) is 2.13. The summed E-state index contributed by atoms with van der Waals surface area (Å²) in [6, 6.07) is -0.138. The molecule has 1 aliphatic rings. The summed E-state index contributed by atoms with van der Waals surface area (Å²) in [5.41, 5.74) is -0.549. The Morgan fingerprint density at radius 1 is 1.50 bits per heavy atom. The third-order valence-corrected chi connectivity index (χ3v) is 2.13. The van der Waals surface area contributed by atoms with Gasteiger partial charge in [-0.25, -0.2) is 4.79 Å². The van der Waals surface area contributed by atoms with Crippen LogP contribution in [0.5, 0.6) is 0 Å². The predicted molar refractivity (Wildman–Crippen MR) is 58.2 cm³/mol. The highest BCUT2D eigenvalue weighted by Gasteiger charge is 2.29. The molecule has 0 saturated carbocycles. The first-order chi connectivity index (χ1) is 7.29. The van der Waals surface area contributed by atoms with E-state index in [0.717, 1.165) is 0 Å². The lowest BCUT2D eigenvalue weighted by Gasteiger charge is -2.29. The van der Waals surface area contributed by atoms with Crippen LogP contribution in [0.3, 0.4) is 0 Å². The SMILES string of the molecule is CC1COCC(=O)CN1C(=O)OC(C)(C)C. The van der Waals surface area contributed by atoms with Crippen molar-refractivity contribution in [2.24, 2.45) is 0 Å². The highest BCUT2D eigenvalue weighted by atomic mass is 16.6. The first kappa shape index (κ1) is 13.0. The van der Waals surface area contributed by atoms with Gasteiger partial charge in [0.2, 0.25) is 0 Å². The summed E-state index contributed by atoms with van der Waals surface area (Å²) in [7, 11) is 0. The summed E-state index contributed by atoms with van der Waals surface area (Å²) in [6.07, 6.45) is -0.459. The van der Waals surface area contributed by atoms with Crippen LogP contribution in [0.15, 0.2) is 0 Å². The number of nitrogens with zero attached hydrogens (tertiary/aromatic N) is 1. The Morgan fingerprint density at radius 2 is 2.12 bits per heavy atom. The molecular formula is C11H19NO4. The zero-order valence-electron chi connectivity index (χ0n) is 10.3. The molecule has 0 aliphatic carbocycles. The molecule has 1 unspecified atom stereocenters. The molecule has 1 heterocycles. The van der Waals surface area contributed by atoms with E-state index >= 15 is 0 Å². The van der Waals surface area contributed by atoms with Crippen LogP contribution in [-0.4, -0.2) is 48.2 Å². The van der Waals surface area contributed by atoms with E-state index in [1.54, 1.807) is 20.8 Å². The molecule has 1 saturated heterocycles. The van der Waals surface area contributed by atoms with Crippen LogP contribution in [-0.2, 0) is 14.3 Å². The zero-order chi connectivity index (χ0) is 12.3. The Kier molecular flexibility index (Phi) is 3.91. The molecule has 16 heavy (non-hydrogen) atoms. The maximum Gasteiger partial charge on any atom is 0.411 e. The quantitative estimate of drug-likeness (QED) is 0.626. The first-order valence-corrected chi connectivity index (χ1v) is 5.38. The second kappa shape index (κ2) is 4.82. The molecule has 1 atom stereocenters. The number of Topliss-reactive ketones (excluding diaryl/α,β-unsaturated/α-hetero) is 1. The van der Waals surface area contributed by atoms with Crippen LogP contribution in [0.4, 0.5) is 4.79 Å². The highest BCUT2D eigenvalue weighted by Crippen LogP contribution is 2.13. The molecular weight excluding hydrogens is 210 g/mol. The number of hydrogen-bond acceptors (Lipinski definition) is 4. The fraction of sp³-hybridized carbons (Fsp3) is 0.818. The second-order valence-electron chi connectivity index (χ2n) is 5.01. The Bertz CT molecular complexity index is 282. The van der Waals surface area contributed by atoms with Crippen LogP contribution >= 0.6 is 0 Å². The molecule has 5 nitrogen and oxygen atoms in total. The van der Waals surface area contributed by atoms with Crippen molar-refractivity contribution in [1.29, 1.82) is 0 Å². The Balaban J connectivity index is 2.68. The highest BCUT2D eigenvalue weighted by molar-refractivity contribution is 5.85. The topological polar surface area (TPSA) is 55.8 Å². The second-order valence-corrected chi connectivity index (χ2v) is 5.01. The van der Waals surface area contributed by atoms with Gasteiger partial charge in [0, 0.05) is 0 Å². The van der Waals surface area contributed by atoms with Gasteiger partial charge in [-0.15, -0.1) is 0 Å². The Hall–Kier alpha value is -1.10. The summed E-state index contributed by atoms with van der Waals surface area (Å²) >= 11 is 0. The maximum absolute atomic E-state index is 11.8. The number of carbonyl (C=O) groups is 2. The van der Waals surface area contributed by atoms with Crippen LogP contribution in [0.25, 0.3) is 0 Å². The minimum atomic E-state index is -0.549. The van der Waals surface area contributed by atoms with Crippen molar-refractivity contribution in [3.63, 3.8) is 0 Å². The molecule has 0 spiro atoms. The lowest BCUT2D eigenvalue weighted by Crippen LogP contribution is -2.44. The molecule has 1 rings (SSSR count). The van der Waals surface area contributed by atoms with Gasteiger partial charge in [-0.1, -0.05) is 0 Å². The van der Waals surface area contributed by atoms with Crippen molar-refractivity contribution in [3.8, 4) is 0 Å². The molecule has 0 aromatic rings. The largest absolute Gasteiger partial charge is 0.444 e. The molecule has 1 amide bonds. The summed E-state index contributed by atoms with van der Waals surface area (Å²) in [5.74, 6) is -0.102. The lowest BCUT2D eigenvalue weighted by atomic mass is 10.2. The minimum absolute atomic E-state index is 0.0656. The van der Waals surface area contributed by atoms with Crippen molar-refractivity contribution < 1.29 is 19.1 Å². The number of ether oxygens (including phenoxy) is 2. The molecule has 0 radical (unpaired) electrons. The van der Waals surface area contributed by atoms with Crippen molar-refractivity contribution >= 4 is 11.9 Å². The van der Waals surface area contributed by atoms with E-state index in [0.29, 0.717) is 6.61 Å². The average Bonchev–Trinajstić information content (AvgIpc) is 2.25. The van der Waals surface area contributed by atoms with Gasteiger partial charge in [-0.05, 0) is 27.7 Å². The number of ketones is 1. The zero-order valence-corrected chi connectivity index (χ0v) is 10.3. The van der Waals surface area contributed by atoms with E-state index in [-0.39, 0.29) is 25.0 Å². The Morgan fingerprint density at radius 3 is 2.69 bits per heavy atom. The molecule has 92 valence electrons. The molecule has 0 bridgehead atoms. The monoisotopic (exact) mass is 229 g/mol. The molecule has 0 aromatic heterocycles. The van der Waals surface area contributed by atoms with E-state index in [2.05, 4.69) is 0 Å². The molecule has 0 aromatic carbocycles. The third kappa shape index (κ3) is 3.81. The number of rotatable bonds is 0. The fourth-order valence-corrected chi connectivity index (χ4v) is 1.39. The van der Waals surface area contributed by atoms with E-state index < -0.39 is 11.7 Å². The van der Waals surface area contributed by atoms with E-state index in [4.69, 9.17) is 9.47 Å². The smallest absolute Gasteiger partial charge is 0.411 e. The van der Waals surface area contributed by atoms with Gasteiger partial charge in [-0.2, -0.15) is 0 Å². The van der Waals surface area contributed by atoms with Gasteiger partial charge in [0.1, 0.15) is 12.2 Å². The van der Waals surface area contributed by atoms with Gasteiger partial charge in [0.25, 0.3) is 0 Å². The minimum Gasteiger partial charge on any atom is -0.444 e. The van der Waals surface area contributed by atoms with E-state index in [9.17, 15) is 9.59 Å². The maximum atomic E-state index is 11.8. The van der Waals surface area contributed by atoms with Crippen LogP contribution in [0, 0.1) is 0 Å². The number of carbonyl (C=O) groups excluding carboxylic acids is 2. The molecule has 5 heteroatoms. The summed E-state index contributed by atoms with van der Waals surface area (Å²) in [6.45, 7) is 7.73. The van der Waals surface area contributed by atoms with E-state index in [1.807, 2.05) is 6.92 Å². The number of hydrogen-bond donors (Lipinski definition) is 0. The molecule has 1 aliphatic heterocycles. The summed E-state index contributed by atoms with van der Waals surface area (Å²) < 4.78 is 10.4. The van der Waals surface area contributed by atoms with Crippen molar-refractivity contribution in [2.75, 3.05) is 19.8 Å². The van der Waals surface area contributed by atoms with Crippen molar-refractivity contribution in [1.82, 2.24) is 4.90 Å². The molecule has 1 fully saturated rings.